The Morgan fingerprint density at radius 1 is 1.53 bits per heavy atom. The van der Waals surface area contributed by atoms with Crippen LogP contribution in [-0.2, 0) is 19.0 Å². The van der Waals surface area contributed by atoms with Gasteiger partial charge in [-0.2, -0.15) is 0 Å². The molecule has 4 nitrogen and oxygen atoms in total. The predicted molar refractivity (Wildman–Crippen MR) is 64.4 cm³/mol. The number of esters is 1. The van der Waals surface area contributed by atoms with Crippen LogP contribution >= 0.6 is 0 Å². The predicted octanol–water partition coefficient (Wildman–Crippen LogP) is 2.20. The lowest BCUT2D eigenvalue weighted by Crippen LogP contribution is -2.25. The van der Waals surface area contributed by atoms with Crippen molar-refractivity contribution in [2.75, 3.05) is 13.7 Å². The zero-order valence-electron chi connectivity index (χ0n) is 10.4. The maximum Gasteiger partial charge on any atom is 0.333 e. The molecule has 0 aromatic carbocycles. The number of unbranched alkanes of at least 4 members (excludes halogenated alkanes) is 1. The fourth-order valence-electron chi connectivity index (χ4n) is 1.51. The maximum absolute atomic E-state index is 10.8. The van der Waals surface area contributed by atoms with Gasteiger partial charge in [0.25, 0.3) is 0 Å². The molecule has 0 saturated carbocycles. The van der Waals surface area contributed by atoms with Crippen LogP contribution in [0.5, 0.6) is 0 Å². The number of carbonyl (C=O) groups excluding carboxylic acids is 1. The molecular weight excluding hydrogens is 220 g/mol. The Morgan fingerprint density at radius 2 is 2.35 bits per heavy atom. The smallest absolute Gasteiger partial charge is 0.333 e. The lowest BCUT2D eigenvalue weighted by molar-refractivity contribution is -0.135. The Kier molecular flexibility index (Phi) is 6.40. The average Bonchev–Trinajstić information content (AvgIpc) is 2.37. The van der Waals surface area contributed by atoms with E-state index in [2.05, 4.69) is 11.7 Å². The molecule has 1 aliphatic heterocycles. The molecule has 1 rings (SSSR count). The first kappa shape index (κ1) is 13.8. The Balaban J connectivity index is 2.25. The van der Waals surface area contributed by atoms with E-state index in [-0.39, 0.29) is 12.2 Å². The maximum atomic E-state index is 10.8. The van der Waals surface area contributed by atoms with Crippen LogP contribution in [0.1, 0.15) is 26.2 Å². The Morgan fingerprint density at radius 3 is 2.94 bits per heavy atom. The normalized spacial score (nSPS) is 23.9. The van der Waals surface area contributed by atoms with Crippen LogP contribution in [0.2, 0.25) is 0 Å². The van der Waals surface area contributed by atoms with Crippen molar-refractivity contribution in [1.29, 1.82) is 0 Å². The fraction of sp³-hybridized carbons (Fsp3) is 0.615. The molecule has 0 amide bonds. The topological polar surface area (TPSA) is 44.8 Å². The van der Waals surface area contributed by atoms with Gasteiger partial charge in [-0.05, 0) is 12.5 Å². The summed E-state index contributed by atoms with van der Waals surface area (Å²) < 4.78 is 15.4. The highest BCUT2D eigenvalue weighted by Crippen LogP contribution is 2.13. The van der Waals surface area contributed by atoms with Gasteiger partial charge in [-0.1, -0.05) is 25.8 Å². The van der Waals surface area contributed by atoms with Crippen LogP contribution in [0, 0.1) is 0 Å². The summed E-state index contributed by atoms with van der Waals surface area (Å²) in [5.41, 5.74) is 0. The molecule has 0 unspecified atom stereocenters. The Hall–Kier alpha value is -1.29. The zero-order valence-corrected chi connectivity index (χ0v) is 10.4. The molecule has 4 heteroatoms. The van der Waals surface area contributed by atoms with E-state index in [0.29, 0.717) is 6.61 Å². The third-order valence-corrected chi connectivity index (χ3v) is 2.52. The molecule has 96 valence electrons. The second-order valence-corrected chi connectivity index (χ2v) is 3.90. The lowest BCUT2D eigenvalue weighted by atomic mass is 10.1. The third kappa shape index (κ3) is 5.54. The average molecular weight is 240 g/mol. The van der Waals surface area contributed by atoms with E-state index in [0.717, 1.165) is 6.42 Å². The Labute approximate surface area is 102 Å². The van der Waals surface area contributed by atoms with Crippen molar-refractivity contribution in [2.45, 2.75) is 38.4 Å². The molecule has 1 heterocycles. The van der Waals surface area contributed by atoms with Crippen LogP contribution in [0.15, 0.2) is 24.5 Å². The van der Waals surface area contributed by atoms with Crippen molar-refractivity contribution < 1.29 is 19.0 Å². The van der Waals surface area contributed by atoms with Crippen LogP contribution in [0.4, 0.5) is 0 Å². The highest BCUT2D eigenvalue weighted by Gasteiger charge is 2.15. The number of hydrogen-bond donors (Lipinski definition) is 0. The largest absolute Gasteiger partial charge is 0.491 e. The Bertz CT molecular complexity index is 283. The minimum atomic E-state index is -0.425. The molecule has 0 saturated heterocycles. The summed E-state index contributed by atoms with van der Waals surface area (Å²) in [7, 11) is 1.33. The zero-order chi connectivity index (χ0) is 12.5. The van der Waals surface area contributed by atoms with Gasteiger partial charge < -0.3 is 14.2 Å². The second kappa shape index (κ2) is 7.90. The molecular formula is C13H20O4. The van der Waals surface area contributed by atoms with E-state index in [9.17, 15) is 4.79 Å². The van der Waals surface area contributed by atoms with Crippen LogP contribution in [0.25, 0.3) is 0 Å². The van der Waals surface area contributed by atoms with Crippen molar-refractivity contribution in [3.8, 4) is 0 Å². The molecule has 0 aliphatic carbocycles. The number of hydrogen-bond acceptors (Lipinski definition) is 4. The quantitative estimate of drug-likeness (QED) is 0.309. The van der Waals surface area contributed by atoms with E-state index >= 15 is 0 Å². The number of rotatable bonds is 6. The summed E-state index contributed by atoms with van der Waals surface area (Å²) in [6, 6.07) is 0. The highest BCUT2D eigenvalue weighted by atomic mass is 16.5. The van der Waals surface area contributed by atoms with Gasteiger partial charge in [0.15, 0.2) is 0 Å². The van der Waals surface area contributed by atoms with Gasteiger partial charge >= 0.3 is 5.97 Å². The van der Waals surface area contributed by atoms with Crippen molar-refractivity contribution >= 4 is 5.97 Å². The van der Waals surface area contributed by atoms with Crippen molar-refractivity contribution in [3.05, 3.63) is 24.5 Å². The minimum absolute atomic E-state index is 0.117. The van der Waals surface area contributed by atoms with Gasteiger partial charge in [0.1, 0.15) is 6.10 Å². The molecule has 0 bridgehead atoms. The first-order valence-corrected chi connectivity index (χ1v) is 5.96. The molecule has 0 radical (unpaired) electrons. The summed E-state index contributed by atoms with van der Waals surface area (Å²) in [4.78, 5) is 10.8. The number of ether oxygens (including phenoxy) is 3. The number of carbonyl (C=O) groups is 1. The van der Waals surface area contributed by atoms with E-state index in [1.54, 1.807) is 0 Å². The summed E-state index contributed by atoms with van der Waals surface area (Å²) in [6.45, 7) is 2.69. The monoisotopic (exact) mass is 240 g/mol. The van der Waals surface area contributed by atoms with Crippen molar-refractivity contribution in [1.82, 2.24) is 0 Å². The van der Waals surface area contributed by atoms with Gasteiger partial charge in [0, 0.05) is 0 Å². The van der Waals surface area contributed by atoms with Crippen LogP contribution in [0.3, 0.4) is 0 Å². The van der Waals surface area contributed by atoms with Crippen molar-refractivity contribution in [3.63, 3.8) is 0 Å². The molecule has 2 atom stereocenters. The van der Waals surface area contributed by atoms with Gasteiger partial charge in [-0.25, -0.2) is 4.79 Å². The lowest BCUT2D eigenvalue weighted by Gasteiger charge is -2.23. The van der Waals surface area contributed by atoms with Gasteiger partial charge in [-0.15, -0.1) is 0 Å². The minimum Gasteiger partial charge on any atom is -0.491 e. The summed E-state index contributed by atoms with van der Waals surface area (Å²) in [6.07, 6.45) is 10.1. The molecule has 0 N–H and O–H groups in total. The molecule has 1 aliphatic rings. The van der Waals surface area contributed by atoms with Gasteiger partial charge in [0.2, 0.25) is 0 Å². The van der Waals surface area contributed by atoms with Gasteiger partial charge in [-0.3, -0.25) is 0 Å². The SMILES string of the molecule is CCCC[C@@H]1C=C[C@H](O/C=C/C(=O)OC)CO1. The molecule has 0 aromatic rings. The summed E-state index contributed by atoms with van der Waals surface area (Å²) in [5.74, 6) is -0.425. The highest BCUT2D eigenvalue weighted by molar-refractivity contribution is 5.81. The number of methoxy groups -OCH3 is 1. The first-order valence-electron chi connectivity index (χ1n) is 5.96. The molecule has 0 fully saturated rings. The van der Waals surface area contributed by atoms with Gasteiger partial charge in [0.05, 0.1) is 32.2 Å². The first-order chi connectivity index (χ1) is 8.26. The molecule has 0 aromatic heterocycles. The fourth-order valence-corrected chi connectivity index (χ4v) is 1.51. The van der Waals surface area contributed by atoms with E-state index in [1.165, 1.54) is 32.3 Å². The van der Waals surface area contributed by atoms with E-state index in [4.69, 9.17) is 9.47 Å². The van der Waals surface area contributed by atoms with Crippen LogP contribution < -0.4 is 0 Å². The standard InChI is InChI=1S/C13H20O4/c1-3-4-5-11-6-7-12(10-17-11)16-9-8-13(14)15-2/h6-9,11-12H,3-5,10H2,1-2H3/b9-8+/t11-,12+/m1/s1. The van der Waals surface area contributed by atoms with E-state index < -0.39 is 5.97 Å². The summed E-state index contributed by atoms with van der Waals surface area (Å²) >= 11 is 0. The van der Waals surface area contributed by atoms with Crippen molar-refractivity contribution in [2.24, 2.45) is 0 Å². The third-order valence-electron chi connectivity index (χ3n) is 2.52. The summed E-state index contributed by atoms with van der Waals surface area (Å²) in [5, 5.41) is 0. The van der Waals surface area contributed by atoms with E-state index in [1.807, 2.05) is 12.2 Å². The molecule has 0 spiro atoms. The van der Waals surface area contributed by atoms with Crippen LogP contribution in [-0.4, -0.2) is 31.9 Å². The molecule has 17 heavy (non-hydrogen) atoms. The second-order valence-electron chi connectivity index (χ2n) is 3.90.